The summed E-state index contributed by atoms with van der Waals surface area (Å²) in [5.74, 6) is 10.9. The van der Waals surface area contributed by atoms with Crippen LogP contribution in [-0.2, 0) is 9.47 Å². The van der Waals surface area contributed by atoms with Gasteiger partial charge >= 0.3 is 0 Å². The van der Waals surface area contributed by atoms with Crippen LogP contribution in [0.4, 0.5) is 0 Å². The first-order valence-electron chi connectivity index (χ1n) is 4.07. The van der Waals surface area contributed by atoms with E-state index in [1.165, 1.54) is 0 Å². The average Bonchev–Trinajstić information content (AvgIpc) is 2.17. The minimum absolute atomic E-state index is 0.161. The summed E-state index contributed by atoms with van der Waals surface area (Å²) >= 11 is 0. The van der Waals surface area contributed by atoms with E-state index >= 15 is 0 Å². The fourth-order valence-corrected chi connectivity index (χ4v) is 0.658. The molecule has 0 saturated carbocycles. The number of hydrogen-bond donors (Lipinski definition) is 2. The maximum atomic E-state index is 5.14. The van der Waals surface area contributed by atoms with Crippen molar-refractivity contribution in [1.29, 1.82) is 0 Å². The van der Waals surface area contributed by atoms with Gasteiger partial charge < -0.3 is 21.2 Å². The summed E-state index contributed by atoms with van der Waals surface area (Å²) in [6.45, 7) is 4.38. The maximum Gasteiger partial charge on any atom is 0.244 e. The first-order chi connectivity index (χ1) is 6.28. The van der Waals surface area contributed by atoms with Crippen molar-refractivity contribution >= 4 is 11.8 Å². The van der Waals surface area contributed by atoms with Gasteiger partial charge in [-0.3, -0.25) is 0 Å². The second-order valence-corrected chi connectivity index (χ2v) is 2.12. The highest BCUT2D eigenvalue weighted by molar-refractivity contribution is 5.82. The van der Waals surface area contributed by atoms with Crippen LogP contribution in [0.15, 0.2) is 10.2 Å². The predicted molar refractivity (Wildman–Crippen MR) is 51.1 cm³/mol. The quantitative estimate of drug-likeness (QED) is 0.281. The summed E-state index contributed by atoms with van der Waals surface area (Å²) in [6, 6.07) is 0. The van der Waals surface area contributed by atoms with Crippen molar-refractivity contribution in [2.45, 2.75) is 20.3 Å². The molecule has 0 spiro atoms. The van der Waals surface area contributed by atoms with E-state index in [1.54, 1.807) is 0 Å². The van der Waals surface area contributed by atoms with Crippen LogP contribution in [-0.4, -0.2) is 25.0 Å². The van der Waals surface area contributed by atoms with Gasteiger partial charge in [0.25, 0.3) is 0 Å². The van der Waals surface area contributed by atoms with E-state index in [9.17, 15) is 0 Å². The van der Waals surface area contributed by atoms with Crippen LogP contribution in [0.2, 0.25) is 0 Å². The Kier molecular flexibility index (Phi) is 6.39. The number of nitrogens with two attached hydrogens (primary N) is 2. The predicted octanol–water partition coefficient (Wildman–Crippen LogP) is -0.00610. The number of ether oxygens (including phenoxy) is 2. The van der Waals surface area contributed by atoms with Gasteiger partial charge in [0, 0.05) is 6.42 Å². The Balaban J connectivity index is 3.85. The Labute approximate surface area is 77.6 Å². The monoisotopic (exact) mass is 188 g/mol. The summed E-state index contributed by atoms with van der Waals surface area (Å²) in [5, 5.41) is 6.81. The van der Waals surface area contributed by atoms with Crippen LogP contribution < -0.4 is 11.7 Å². The molecular weight excluding hydrogens is 172 g/mol. The SMILES string of the molecule is CCO/C(CO/C(CC)=N\N)=N\N. The molecular formula is C7H16N4O2. The highest BCUT2D eigenvalue weighted by Crippen LogP contribution is 1.89. The first-order valence-corrected chi connectivity index (χ1v) is 4.07. The molecule has 0 bridgehead atoms. The third-order valence-electron chi connectivity index (χ3n) is 1.26. The zero-order valence-electron chi connectivity index (χ0n) is 7.99. The van der Waals surface area contributed by atoms with Gasteiger partial charge in [0.1, 0.15) is 0 Å². The lowest BCUT2D eigenvalue weighted by atomic mass is 10.5. The van der Waals surface area contributed by atoms with Crippen molar-refractivity contribution in [3.63, 3.8) is 0 Å². The number of rotatable bonds is 4. The molecule has 0 aliphatic rings. The normalized spacial score (nSPS) is 12.8. The summed E-state index contributed by atoms with van der Waals surface area (Å²) in [6.07, 6.45) is 0.625. The summed E-state index contributed by atoms with van der Waals surface area (Å²) in [7, 11) is 0. The lowest BCUT2D eigenvalue weighted by Crippen LogP contribution is -2.18. The second-order valence-electron chi connectivity index (χ2n) is 2.12. The van der Waals surface area contributed by atoms with Gasteiger partial charge in [0.2, 0.25) is 11.8 Å². The van der Waals surface area contributed by atoms with Gasteiger partial charge in [-0.1, -0.05) is 6.92 Å². The summed E-state index contributed by atoms with van der Waals surface area (Å²) in [4.78, 5) is 0. The third kappa shape index (κ3) is 4.89. The van der Waals surface area contributed by atoms with Crippen molar-refractivity contribution in [3.8, 4) is 0 Å². The van der Waals surface area contributed by atoms with Crippen molar-refractivity contribution in [1.82, 2.24) is 0 Å². The van der Waals surface area contributed by atoms with E-state index < -0.39 is 0 Å². The van der Waals surface area contributed by atoms with Crippen molar-refractivity contribution < 1.29 is 9.47 Å². The molecule has 0 aromatic rings. The van der Waals surface area contributed by atoms with Crippen molar-refractivity contribution in [3.05, 3.63) is 0 Å². The molecule has 0 aliphatic heterocycles. The Bertz CT molecular complexity index is 191. The second kappa shape index (κ2) is 7.20. The maximum absolute atomic E-state index is 5.14. The van der Waals surface area contributed by atoms with E-state index in [4.69, 9.17) is 21.2 Å². The molecule has 0 radical (unpaired) electrons. The van der Waals surface area contributed by atoms with Gasteiger partial charge in [0.15, 0.2) is 6.61 Å². The Morgan fingerprint density at radius 1 is 1.08 bits per heavy atom. The largest absolute Gasteiger partial charge is 0.478 e. The van der Waals surface area contributed by atoms with E-state index in [1.807, 2.05) is 13.8 Å². The summed E-state index contributed by atoms with van der Waals surface area (Å²) < 4.78 is 10.2. The molecule has 0 aromatic carbocycles. The zero-order valence-corrected chi connectivity index (χ0v) is 7.99. The molecule has 0 aliphatic carbocycles. The molecule has 0 fully saturated rings. The molecule has 0 saturated heterocycles. The molecule has 0 aromatic heterocycles. The molecule has 6 nitrogen and oxygen atoms in total. The third-order valence-corrected chi connectivity index (χ3v) is 1.26. The molecule has 0 amide bonds. The van der Waals surface area contributed by atoms with E-state index in [0.717, 1.165) is 0 Å². The minimum atomic E-state index is 0.161. The van der Waals surface area contributed by atoms with Crippen molar-refractivity contribution in [2.24, 2.45) is 21.9 Å². The fourth-order valence-electron chi connectivity index (χ4n) is 0.658. The smallest absolute Gasteiger partial charge is 0.244 e. The Morgan fingerprint density at radius 3 is 2.08 bits per heavy atom. The van der Waals surface area contributed by atoms with Crippen LogP contribution in [0.25, 0.3) is 0 Å². The number of hydrogen-bond acceptors (Lipinski definition) is 6. The van der Waals surface area contributed by atoms with Gasteiger partial charge in [-0.2, -0.15) is 0 Å². The highest BCUT2D eigenvalue weighted by Gasteiger charge is 2.02. The van der Waals surface area contributed by atoms with Gasteiger partial charge in [-0.25, -0.2) is 0 Å². The van der Waals surface area contributed by atoms with Crippen LogP contribution >= 0.6 is 0 Å². The Morgan fingerprint density at radius 2 is 1.69 bits per heavy atom. The van der Waals surface area contributed by atoms with E-state index in [0.29, 0.717) is 24.8 Å². The highest BCUT2D eigenvalue weighted by atomic mass is 16.5. The fraction of sp³-hybridized carbons (Fsp3) is 0.714. The standard InChI is InChI=1S/C7H16N4O2/c1-3-6(10-8)13-5-7(11-9)12-4-2/h3-5,8-9H2,1-2H3/b10-6-,11-7-. The van der Waals surface area contributed by atoms with E-state index in [2.05, 4.69) is 10.2 Å². The molecule has 13 heavy (non-hydrogen) atoms. The molecule has 76 valence electrons. The van der Waals surface area contributed by atoms with Crippen LogP contribution in [0.5, 0.6) is 0 Å². The minimum Gasteiger partial charge on any atom is -0.478 e. The lowest BCUT2D eigenvalue weighted by molar-refractivity contribution is 0.266. The van der Waals surface area contributed by atoms with Crippen LogP contribution in [0.1, 0.15) is 20.3 Å². The molecule has 0 atom stereocenters. The van der Waals surface area contributed by atoms with Crippen LogP contribution in [0.3, 0.4) is 0 Å². The van der Waals surface area contributed by atoms with Gasteiger partial charge in [-0.05, 0) is 6.92 Å². The molecule has 6 heteroatoms. The Hall–Kier alpha value is -1.46. The lowest BCUT2D eigenvalue weighted by Gasteiger charge is -2.08. The van der Waals surface area contributed by atoms with Gasteiger partial charge in [-0.15, -0.1) is 10.2 Å². The molecule has 0 rings (SSSR count). The molecule has 0 heterocycles. The topological polar surface area (TPSA) is 95.2 Å². The number of hydrazone groups is 2. The van der Waals surface area contributed by atoms with E-state index in [-0.39, 0.29) is 6.61 Å². The van der Waals surface area contributed by atoms with Gasteiger partial charge in [0.05, 0.1) is 6.61 Å². The first kappa shape index (κ1) is 11.5. The average molecular weight is 188 g/mol. The van der Waals surface area contributed by atoms with Crippen LogP contribution in [0, 0.1) is 0 Å². The zero-order chi connectivity index (χ0) is 10.1. The number of nitrogens with zero attached hydrogens (tertiary/aromatic N) is 2. The molecule has 4 N–H and O–H groups in total. The van der Waals surface area contributed by atoms with Crippen molar-refractivity contribution in [2.75, 3.05) is 13.2 Å². The summed E-state index contributed by atoms with van der Waals surface area (Å²) in [5.41, 5.74) is 0. The molecule has 0 unspecified atom stereocenters.